The average molecular weight is 524 g/mol. The van der Waals surface area contributed by atoms with Crippen molar-refractivity contribution < 1.29 is 22.6 Å². The maximum absolute atomic E-state index is 12.6. The lowest BCUT2D eigenvalue weighted by Gasteiger charge is -2.33. The first-order valence-electron chi connectivity index (χ1n) is 10.7. The number of rotatable bonds is 6. The van der Waals surface area contributed by atoms with E-state index in [9.17, 15) is 13.2 Å². The van der Waals surface area contributed by atoms with E-state index in [1.165, 1.54) is 12.1 Å². The summed E-state index contributed by atoms with van der Waals surface area (Å²) in [6, 6.07) is 11.1. The summed E-state index contributed by atoms with van der Waals surface area (Å²) in [6.45, 7) is 1.49. The highest BCUT2D eigenvalue weighted by Crippen LogP contribution is 2.35. The molecule has 0 spiro atoms. The van der Waals surface area contributed by atoms with Crippen LogP contribution in [0.5, 0.6) is 17.2 Å². The van der Waals surface area contributed by atoms with Crippen molar-refractivity contribution in [3.63, 3.8) is 0 Å². The molecule has 0 unspecified atom stereocenters. The Balaban J connectivity index is 1.33. The minimum Gasteiger partial charge on any atom is -0.457 e. The molecule has 7 nitrogen and oxygen atoms in total. The van der Waals surface area contributed by atoms with Crippen molar-refractivity contribution in [1.29, 1.82) is 0 Å². The summed E-state index contributed by atoms with van der Waals surface area (Å²) in [6.07, 6.45) is 1.82. The van der Waals surface area contributed by atoms with Gasteiger partial charge < -0.3 is 25.0 Å². The number of hydrogen-bond acceptors (Lipinski definition) is 6. The Morgan fingerprint density at radius 3 is 2.57 bits per heavy atom. The van der Waals surface area contributed by atoms with E-state index in [1.54, 1.807) is 30.7 Å². The molecule has 184 valence electrons. The molecule has 35 heavy (non-hydrogen) atoms. The van der Waals surface area contributed by atoms with E-state index >= 15 is 0 Å². The van der Waals surface area contributed by atoms with E-state index in [2.05, 4.69) is 30.2 Å². The summed E-state index contributed by atoms with van der Waals surface area (Å²) < 4.78 is 47.4. The summed E-state index contributed by atoms with van der Waals surface area (Å²) in [5.74, 6) is 0.759. The van der Waals surface area contributed by atoms with E-state index in [0.717, 1.165) is 37.7 Å². The molecule has 0 amide bonds. The third-order valence-corrected chi connectivity index (χ3v) is 5.69. The number of ether oxygens (including phenoxy) is 2. The predicted molar refractivity (Wildman–Crippen MR) is 131 cm³/mol. The lowest BCUT2D eigenvalue weighted by molar-refractivity contribution is -0.274. The Bertz CT molecular complexity index is 1160. The van der Waals surface area contributed by atoms with Crippen molar-refractivity contribution in [2.75, 3.05) is 23.3 Å². The SMILES string of the molecule is FC(F)(F)Oc1cc(Oc2ccnc(N3CCC(NC(=S)Nc4cccnc4)CC3)c2)ccc1Cl. The first-order chi connectivity index (χ1) is 16.7. The molecule has 0 bridgehead atoms. The highest BCUT2D eigenvalue weighted by molar-refractivity contribution is 7.80. The average Bonchev–Trinajstić information content (AvgIpc) is 2.82. The maximum Gasteiger partial charge on any atom is 0.573 e. The Kier molecular flexibility index (Phi) is 7.76. The van der Waals surface area contributed by atoms with Crippen LogP contribution in [0.3, 0.4) is 0 Å². The minimum absolute atomic E-state index is 0.156. The zero-order chi connectivity index (χ0) is 24.8. The quantitative estimate of drug-likeness (QED) is 0.394. The first kappa shape index (κ1) is 24.8. The van der Waals surface area contributed by atoms with E-state index < -0.39 is 12.1 Å². The third kappa shape index (κ3) is 7.33. The summed E-state index contributed by atoms with van der Waals surface area (Å²) in [5, 5.41) is 6.82. The number of anilines is 2. The van der Waals surface area contributed by atoms with Gasteiger partial charge in [0, 0.05) is 43.7 Å². The van der Waals surface area contributed by atoms with Gasteiger partial charge in [0.05, 0.1) is 16.9 Å². The van der Waals surface area contributed by atoms with Gasteiger partial charge in [-0.05, 0) is 55.4 Å². The number of thiocarbonyl (C=S) groups is 1. The summed E-state index contributed by atoms with van der Waals surface area (Å²) >= 11 is 11.2. The van der Waals surface area contributed by atoms with Gasteiger partial charge >= 0.3 is 6.36 Å². The van der Waals surface area contributed by atoms with Crippen molar-refractivity contribution in [2.45, 2.75) is 25.2 Å². The molecule has 1 saturated heterocycles. The first-order valence-corrected chi connectivity index (χ1v) is 11.5. The van der Waals surface area contributed by atoms with Crippen LogP contribution in [0.1, 0.15) is 12.8 Å². The summed E-state index contributed by atoms with van der Waals surface area (Å²) in [4.78, 5) is 10.6. The fraction of sp³-hybridized carbons (Fsp3) is 0.261. The van der Waals surface area contributed by atoms with Gasteiger partial charge in [-0.2, -0.15) is 0 Å². The number of piperidine rings is 1. The third-order valence-electron chi connectivity index (χ3n) is 5.15. The molecule has 0 atom stereocenters. The van der Waals surface area contributed by atoms with Crippen LogP contribution in [0.15, 0.2) is 61.1 Å². The van der Waals surface area contributed by atoms with E-state index in [0.29, 0.717) is 16.7 Å². The van der Waals surface area contributed by atoms with Gasteiger partial charge in [0.15, 0.2) is 10.9 Å². The number of hydrogen-bond donors (Lipinski definition) is 2. The van der Waals surface area contributed by atoms with Crippen molar-refractivity contribution in [1.82, 2.24) is 15.3 Å². The van der Waals surface area contributed by atoms with Crippen LogP contribution in [0.25, 0.3) is 0 Å². The van der Waals surface area contributed by atoms with Gasteiger partial charge in [-0.1, -0.05) is 11.6 Å². The normalized spacial score (nSPS) is 14.3. The van der Waals surface area contributed by atoms with Crippen LogP contribution in [0.2, 0.25) is 5.02 Å². The molecule has 2 aromatic heterocycles. The van der Waals surface area contributed by atoms with E-state index in [-0.39, 0.29) is 16.8 Å². The number of pyridine rings is 2. The minimum atomic E-state index is -4.86. The molecule has 1 fully saturated rings. The largest absolute Gasteiger partial charge is 0.573 e. The monoisotopic (exact) mass is 523 g/mol. The molecule has 1 aliphatic rings. The highest BCUT2D eigenvalue weighted by atomic mass is 35.5. The van der Waals surface area contributed by atoms with Crippen LogP contribution in [0, 0.1) is 0 Å². The number of alkyl halides is 3. The molecular weight excluding hydrogens is 503 g/mol. The zero-order valence-electron chi connectivity index (χ0n) is 18.3. The number of nitrogens with one attached hydrogen (secondary N) is 2. The molecule has 12 heteroatoms. The lowest BCUT2D eigenvalue weighted by atomic mass is 10.1. The topological polar surface area (TPSA) is 71.5 Å². The van der Waals surface area contributed by atoms with Gasteiger partial charge in [0.2, 0.25) is 0 Å². The molecule has 2 N–H and O–H groups in total. The molecule has 1 aromatic carbocycles. The second-order valence-electron chi connectivity index (χ2n) is 7.69. The number of benzene rings is 1. The van der Waals surface area contributed by atoms with Gasteiger partial charge in [-0.25, -0.2) is 4.98 Å². The van der Waals surface area contributed by atoms with E-state index in [1.807, 2.05) is 12.1 Å². The number of aromatic nitrogens is 2. The van der Waals surface area contributed by atoms with Crippen molar-refractivity contribution in [2.24, 2.45) is 0 Å². The number of halogens is 4. The number of nitrogens with zero attached hydrogens (tertiary/aromatic N) is 3. The molecule has 1 aliphatic heterocycles. The second-order valence-corrected chi connectivity index (χ2v) is 8.51. The summed E-state index contributed by atoms with van der Waals surface area (Å²) in [5.41, 5.74) is 0.821. The fourth-order valence-corrected chi connectivity index (χ4v) is 4.01. The van der Waals surface area contributed by atoms with Gasteiger partial charge in [-0.15, -0.1) is 13.2 Å². The van der Waals surface area contributed by atoms with Crippen LogP contribution >= 0.6 is 23.8 Å². The molecule has 4 rings (SSSR count). The molecular formula is C23H21ClF3N5O2S. The molecule has 3 heterocycles. The Morgan fingerprint density at radius 1 is 1.09 bits per heavy atom. The zero-order valence-corrected chi connectivity index (χ0v) is 19.8. The molecule has 0 radical (unpaired) electrons. The van der Waals surface area contributed by atoms with Crippen LogP contribution in [0.4, 0.5) is 24.7 Å². The van der Waals surface area contributed by atoms with Crippen LogP contribution < -0.4 is 25.0 Å². The fourth-order valence-electron chi connectivity index (χ4n) is 3.56. The second kappa shape index (κ2) is 11.0. The van der Waals surface area contributed by atoms with E-state index in [4.69, 9.17) is 28.6 Å². The van der Waals surface area contributed by atoms with Gasteiger partial charge in [-0.3, -0.25) is 4.98 Å². The lowest BCUT2D eigenvalue weighted by Crippen LogP contribution is -2.46. The predicted octanol–water partition coefficient (Wildman–Crippen LogP) is 5.78. The van der Waals surface area contributed by atoms with Gasteiger partial charge in [0.25, 0.3) is 0 Å². The van der Waals surface area contributed by atoms with Crippen LogP contribution in [-0.2, 0) is 0 Å². The Labute approximate surface area is 210 Å². The Hall–Kier alpha value is -3.31. The van der Waals surface area contributed by atoms with Crippen LogP contribution in [-0.4, -0.2) is 40.6 Å². The van der Waals surface area contributed by atoms with Gasteiger partial charge in [0.1, 0.15) is 17.3 Å². The standard InChI is InChI=1S/C23H21ClF3N5O2S/c24-19-4-3-17(12-20(19)34-23(25,26)27)33-18-5-9-29-21(13-18)32-10-6-15(7-11-32)30-22(35)31-16-2-1-8-28-14-16/h1-5,8-9,12-15H,6-7,10-11H2,(H2,30,31,35). The van der Waals surface area contributed by atoms with Crippen molar-refractivity contribution >= 4 is 40.4 Å². The van der Waals surface area contributed by atoms with Crippen molar-refractivity contribution in [3.8, 4) is 17.2 Å². The molecule has 0 aliphatic carbocycles. The molecule has 0 saturated carbocycles. The van der Waals surface area contributed by atoms with Crippen molar-refractivity contribution in [3.05, 3.63) is 66.1 Å². The molecule has 3 aromatic rings. The Morgan fingerprint density at radius 2 is 1.86 bits per heavy atom. The smallest absolute Gasteiger partial charge is 0.457 e. The maximum atomic E-state index is 12.6. The highest BCUT2D eigenvalue weighted by Gasteiger charge is 2.32. The summed E-state index contributed by atoms with van der Waals surface area (Å²) in [7, 11) is 0.